The molecule has 3 aromatic carbocycles. The van der Waals surface area contributed by atoms with Gasteiger partial charge in [0.05, 0.1) is 17.2 Å². The second kappa shape index (κ2) is 11.3. The molecular formula is C25H22N6O4S. The van der Waals surface area contributed by atoms with Crippen LogP contribution in [0.1, 0.15) is 21.7 Å². The Morgan fingerprint density at radius 3 is 2.44 bits per heavy atom. The summed E-state index contributed by atoms with van der Waals surface area (Å²) < 4.78 is 1.78. The Morgan fingerprint density at radius 1 is 1.00 bits per heavy atom. The summed E-state index contributed by atoms with van der Waals surface area (Å²) in [4.78, 5) is 35.4. The maximum atomic E-state index is 12.6. The van der Waals surface area contributed by atoms with Gasteiger partial charge in [0.1, 0.15) is 0 Å². The highest BCUT2D eigenvalue weighted by Gasteiger charge is 2.17. The fourth-order valence-corrected chi connectivity index (χ4v) is 4.16. The monoisotopic (exact) mass is 502 g/mol. The molecule has 0 unspecified atom stereocenters. The van der Waals surface area contributed by atoms with E-state index in [0.29, 0.717) is 11.0 Å². The van der Waals surface area contributed by atoms with Crippen molar-refractivity contribution in [3.63, 3.8) is 0 Å². The van der Waals surface area contributed by atoms with Crippen LogP contribution in [0.5, 0.6) is 0 Å². The molecule has 10 nitrogen and oxygen atoms in total. The van der Waals surface area contributed by atoms with Gasteiger partial charge in [0, 0.05) is 29.1 Å². The first-order chi connectivity index (χ1) is 17.4. The molecule has 1 aromatic heterocycles. The molecule has 0 aliphatic carbocycles. The normalized spacial score (nSPS) is 10.6. The Morgan fingerprint density at radius 2 is 1.75 bits per heavy atom. The van der Waals surface area contributed by atoms with Gasteiger partial charge < -0.3 is 10.6 Å². The van der Waals surface area contributed by atoms with E-state index < -0.39 is 10.8 Å². The van der Waals surface area contributed by atoms with E-state index in [2.05, 4.69) is 20.8 Å². The van der Waals surface area contributed by atoms with Crippen molar-refractivity contribution in [1.29, 1.82) is 0 Å². The third kappa shape index (κ3) is 6.13. The molecule has 182 valence electrons. The van der Waals surface area contributed by atoms with E-state index in [1.165, 1.54) is 36.0 Å². The number of aryl methyl sites for hydroxylation is 1. The van der Waals surface area contributed by atoms with Gasteiger partial charge in [-0.2, -0.15) is 0 Å². The van der Waals surface area contributed by atoms with Gasteiger partial charge in [-0.15, -0.1) is 10.2 Å². The molecule has 0 saturated heterocycles. The molecule has 0 atom stereocenters. The molecule has 0 aliphatic rings. The molecule has 0 fully saturated rings. The largest absolute Gasteiger partial charge is 0.345 e. The first-order valence-electron chi connectivity index (χ1n) is 10.9. The molecule has 0 spiro atoms. The van der Waals surface area contributed by atoms with Crippen molar-refractivity contribution in [2.75, 3.05) is 11.1 Å². The molecule has 4 aromatic rings. The van der Waals surface area contributed by atoms with Gasteiger partial charge in [0.15, 0.2) is 11.0 Å². The molecule has 0 bridgehead atoms. The van der Waals surface area contributed by atoms with Crippen molar-refractivity contribution >= 4 is 35.0 Å². The van der Waals surface area contributed by atoms with Crippen LogP contribution in [-0.4, -0.2) is 37.3 Å². The summed E-state index contributed by atoms with van der Waals surface area (Å²) in [6.07, 6.45) is 0. The lowest BCUT2D eigenvalue weighted by atomic mass is 10.2. The number of thioether (sulfide) groups is 1. The Hall–Kier alpha value is -4.51. The van der Waals surface area contributed by atoms with Gasteiger partial charge in [-0.1, -0.05) is 42.1 Å². The molecule has 2 amide bonds. The van der Waals surface area contributed by atoms with Crippen molar-refractivity contribution in [3.8, 4) is 5.69 Å². The molecule has 0 saturated carbocycles. The molecule has 11 heteroatoms. The van der Waals surface area contributed by atoms with Crippen molar-refractivity contribution in [3.05, 3.63) is 106 Å². The highest BCUT2D eigenvalue weighted by Crippen LogP contribution is 2.23. The number of hydrogen-bond donors (Lipinski definition) is 2. The zero-order valence-corrected chi connectivity index (χ0v) is 20.1. The summed E-state index contributed by atoms with van der Waals surface area (Å²) in [5, 5.41) is 25.4. The van der Waals surface area contributed by atoms with Gasteiger partial charge in [-0.3, -0.25) is 24.3 Å². The Bertz CT molecular complexity index is 1390. The van der Waals surface area contributed by atoms with Crippen LogP contribution in [0.4, 0.5) is 11.4 Å². The summed E-state index contributed by atoms with van der Waals surface area (Å²) >= 11 is 1.23. The second-order valence-corrected chi connectivity index (χ2v) is 8.71. The van der Waals surface area contributed by atoms with E-state index in [0.717, 1.165) is 16.9 Å². The van der Waals surface area contributed by atoms with Crippen LogP contribution >= 0.6 is 11.8 Å². The summed E-state index contributed by atoms with van der Waals surface area (Å²) in [6.45, 7) is 2.02. The van der Waals surface area contributed by atoms with Gasteiger partial charge in [-0.25, -0.2) is 0 Å². The van der Waals surface area contributed by atoms with Crippen molar-refractivity contribution < 1.29 is 14.5 Å². The average molecular weight is 503 g/mol. The maximum Gasteiger partial charge on any atom is 0.269 e. The minimum absolute atomic E-state index is 0.0633. The summed E-state index contributed by atoms with van der Waals surface area (Å²) in [6, 6.07) is 22.3. The smallest absolute Gasteiger partial charge is 0.269 e. The highest BCUT2D eigenvalue weighted by molar-refractivity contribution is 7.99. The number of para-hydroxylation sites is 1. The number of non-ortho nitro benzene ring substituents is 1. The van der Waals surface area contributed by atoms with Crippen LogP contribution in [0, 0.1) is 17.0 Å². The van der Waals surface area contributed by atoms with Crippen LogP contribution < -0.4 is 10.6 Å². The van der Waals surface area contributed by atoms with E-state index in [-0.39, 0.29) is 29.5 Å². The van der Waals surface area contributed by atoms with Crippen LogP contribution in [0.2, 0.25) is 0 Å². The zero-order valence-electron chi connectivity index (χ0n) is 19.2. The Labute approximate surface area is 210 Å². The average Bonchev–Trinajstić information content (AvgIpc) is 3.29. The molecule has 2 N–H and O–H groups in total. The lowest BCUT2D eigenvalue weighted by molar-refractivity contribution is -0.384. The molecule has 36 heavy (non-hydrogen) atoms. The number of nitro groups is 1. The predicted molar refractivity (Wildman–Crippen MR) is 136 cm³/mol. The minimum Gasteiger partial charge on any atom is -0.345 e. The topological polar surface area (TPSA) is 132 Å². The van der Waals surface area contributed by atoms with Crippen LogP contribution in [0.3, 0.4) is 0 Å². The summed E-state index contributed by atoms with van der Waals surface area (Å²) in [7, 11) is 0. The van der Waals surface area contributed by atoms with E-state index in [1.807, 2.05) is 61.5 Å². The summed E-state index contributed by atoms with van der Waals surface area (Å²) in [5.41, 5.74) is 2.74. The molecular weight excluding hydrogens is 480 g/mol. The van der Waals surface area contributed by atoms with Crippen molar-refractivity contribution in [1.82, 2.24) is 20.1 Å². The number of aromatic nitrogens is 3. The fraction of sp³-hybridized carbons (Fsp3) is 0.120. The minimum atomic E-state index is -0.523. The first-order valence-corrected chi connectivity index (χ1v) is 11.9. The van der Waals surface area contributed by atoms with Crippen molar-refractivity contribution in [2.45, 2.75) is 18.6 Å². The third-order valence-corrected chi connectivity index (χ3v) is 6.03. The van der Waals surface area contributed by atoms with Crippen LogP contribution in [0.25, 0.3) is 5.69 Å². The number of nitro benzene ring substituents is 1. The van der Waals surface area contributed by atoms with Crippen LogP contribution in [0.15, 0.2) is 84.0 Å². The number of carbonyl (C=O) groups is 2. The quantitative estimate of drug-likeness (QED) is 0.200. The second-order valence-electron chi connectivity index (χ2n) is 7.76. The van der Waals surface area contributed by atoms with Crippen molar-refractivity contribution in [2.24, 2.45) is 0 Å². The molecule has 1 heterocycles. The van der Waals surface area contributed by atoms with E-state index in [1.54, 1.807) is 4.57 Å². The number of rotatable bonds is 9. The number of anilines is 1. The maximum absolute atomic E-state index is 12.6. The lowest BCUT2D eigenvalue weighted by Gasteiger charge is -2.11. The predicted octanol–water partition coefficient (Wildman–Crippen LogP) is 4.14. The summed E-state index contributed by atoms with van der Waals surface area (Å²) in [5.74, 6) is 0.00664. The number of carbonyl (C=O) groups excluding carboxylic acids is 2. The zero-order chi connectivity index (χ0) is 25.5. The highest BCUT2D eigenvalue weighted by atomic mass is 32.2. The molecule has 0 radical (unpaired) electrons. The van der Waals surface area contributed by atoms with E-state index >= 15 is 0 Å². The Balaban J connectivity index is 1.46. The molecule has 4 rings (SSSR count). The van der Waals surface area contributed by atoms with Gasteiger partial charge >= 0.3 is 0 Å². The van der Waals surface area contributed by atoms with Gasteiger partial charge in [0.25, 0.3) is 11.6 Å². The van der Waals surface area contributed by atoms with Crippen LogP contribution in [-0.2, 0) is 11.3 Å². The van der Waals surface area contributed by atoms with E-state index in [9.17, 15) is 19.7 Å². The van der Waals surface area contributed by atoms with E-state index in [4.69, 9.17) is 0 Å². The van der Waals surface area contributed by atoms with Gasteiger partial charge in [-0.05, 0) is 48.9 Å². The Kier molecular flexibility index (Phi) is 7.71. The number of nitrogens with zero attached hydrogens (tertiary/aromatic N) is 4. The number of nitrogens with one attached hydrogen (secondary N) is 2. The fourth-order valence-electron chi connectivity index (χ4n) is 3.39. The number of hydrogen-bond acceptors (Lipinski definition) is 7. The first kappa shape index (κ1) is 24.6. The lowest BCUT2D eigenvalue weighted by Crippen LogP contribution is -2.24. The number of benzene rings is 3. The van der Waals surface area contributed by atoms with Gasteiger partial charge in [0.2, 0.25) is 5.91 Å². The molecule has 0 aliphatic heterocycles. The standard InChI is InChI=1S/C25H22N6O4S/c1-17-6-5-7-19(14-17)27-23(32)16-36-25-29-28-22(30(25)20-8-3-2-4-9-20)15-26-24(33)18-10-12-21(13-11-18)31(34)35/h2-14H,15-16H2,1H3,(H,26,33)(H,27,32). The number of amides is 2. The SMILES string of the molecule is Cc1cccc(NC(=O)CSc2nnc(CNC(=O)c3ccc([N+](=O)[O-])cc3)n2-c2ccccc2)c1. The third-order valence-electron chi connectivity index (χ3n) is 5.10.